The molecule has 0 saturated carbocycles. The summed E-state index contributed by atoms with van der Waals surface area (Å²) >= 11 is 5.98. The van der Waals surface area contributed by atoms with E-state index in [-0.39, 0.29) is 0 Å². The minimum Gasteiger partial charge on any atom is -0.380 e. The number of benzene rings is 1. The minimum atomic E-state index is 0.542. The Balaban J connectivity index is 2.68. The molecule has 14 heavy (non-hydrogen) atoms. The highest BCUT2D eigenvalue weighted by molar-refractivity contribution is 6.34. The van der Waals surface area contributed by atoms with Gasteiger partial charge in [-0.25, -0.2) is 4.98 Å². The smallest absolute Gasteiger partial charge is 0.136 e. The van der Waals surface area contributed by atoms with Crippen molar-refractivity contribution in [3.8, 4) is 0 Å². The Morgan fingerprint density at radius 3 is 2.93 bits per heavy atom. The van der Waals surface area contributed by atoms with Crippen molar-refractivity contribution in [2.24, 2.45) is 0 Å². The summed E-state index contributed by atoms with van der Waals surface area (Å²) < 4.78 is 5.11. The Morgan fingerprint density at radius 2 is 2.14 bits per heavy atom. The molecule has 0 radical (unpaired) electrons. The molecule has 0 fully saturated rings. The number of halogens is 1. The third-order valence-corrected chi connectivity index (χ3v) is 2.45. The molecular formula is C11H10ClNO. The van der Waals surface area contributed by atoms with Crippen LogP contribution in [0.25, 0.3) is 10.8 Å². The van der Waals surface area contributed by atoms with E-state index < -0.39 is 0 Å². The van der Waals surface area contributed by atoms with Crippen molar-refractivity contribution in [3.05, 3.63) is 41.2 Å². The van der Waals surface area contributed by atoms with Gasteiger partial charge in [0.25, 0.3) is 0 Å². The first-order valence-electron chi connectivity index (χ1n) is 4.34. The highest BCUT2D eigenvalue weighted by Gasteiger charge is 2.03. The second-order valence-electron chi connectivity index (χ2n) is 3.05. The second kappa shape index (κ2) is 3.95. The van der Waals surface area contributed by atoms with E-state index in [9.17, 15) is 0 Å². The van der Waals surface area contributed by atoms with E-state index >= 15 is 0 Å². The lowest BCUT2D eigenvalue weighted by molar-refractivity contribution is 0.186. The molecule has 0 aliphatic rings. The van der Waals surface area contributed by atoms with Gasteiger partial charge in [-0.3, -0.25) is 0 Å². The molecule has 0 unspecified atom stereocenters. The van der Waals surface area contributed by atoms with Crippen LogP contribution in [0.1, 0.15) is 5.56 Å². The number of hydrogen-bond acceptors (Lipinski definition) is 2. The van der Waals surface area contributed by atoms with Crippen molar-refractivity contribution >= 4 is 22.4 Å². The molecule has 0 amide bonds. The van der Waals surface area contributed by atoms with Crippen LogP contribution in [-0.4, -0.2) is 12.1 Å². The predicted octanol–water partition coefficient (Wildman–Crippen LogP) is 3.03. The maximum Gasteiger partial charge on any atom is 0.136 e. The average Bonchev–Trinajstić information content (AvgIpc) is 2.20. The highest BCUT2D eigenvalue weighted by atomic mass is 35.5. The van der Waals surface area contributed by atoms with E-state index in [2.05, 4.69) is 4.98 Å². The van der Waals surface area contributed by atoms with Crippen molar-refractivity contribution in [1.29, 1.82) is 0 Å². The summed E-state index contributed by atoms with van der Waals surface area (Å²) in [6.07, 6.45) is 1.71. The van der Waals surface area contributed by atoms with E-state index in [0.29, 0.717) is 11.8 Å². The number of pyridine rings is 1. The third kappa shape index (κ3) is 1.59. The monoisotopic (exact) mass is 207 g/mol. The molecule has 1 aromatic heterocycles. The van der Waals surface area contributed by atoms with Crippen molar-refractivity contribution in [1.82, 2.24) is 4.98 Å². The lowest BCUT2D eigenvalue weighted by Crippen LogP contribution is -1.90. The molecule has 0 atom stereocenters. The van der Waals surface area contributed by atoms with E-state index in [1.165, 1.54) is 0 Å². The Labute approximate surface area is 87.5 Å². The van der Waals surface area contributed by atoms with Crippen LogP contribution in [0.2, 0.25) is 5.15 Å². The molecule has 2 aromatic rings. The summed E-state index contributed by atoms with van der Waals surface area (Å²) in [6, 6.07) is 7.91. The predicted molar refractivity (Wildman–Crippen MR) is 57.5 cm³/mol. The normalized spacial score (nSPS) is 10.7. The fourth-order valence-corrected chi connectivity index (χ4v) is 1.74. The number of aromatic nitrogens is 1. The minimum absolute atomic E-state index is 0.542. The molecule has 0 spiro atoms. The molecule has 0 aliphatic heterocycles. The van der Waals surface area contributed by atoms with Gasteiger partial charge in [0.1, 0.15) is 5.15 Å². The summed E-state index contributed by atoms with van der Waals surface area (Å²) in [5.41, 5.74) is 1.13. The number of hydrogen-bond donors (Lipinski definition) is 0. The van der Waals surface area contributed by atoms with Crippen LogP contribution in [-0.2, 0) is 11.3 Å². The Bertz CT molecular complexity index is 456. The molecule has 0 saturated heterocycles. The Kier molecular flexibility index (Phi) is 2.66. The van der Waals surface area contributed by atoms with Gasteiger partial charge in [-0.15, -0.1) is 0 Å². The fraction of sp³-hybridized carbons (Fsp3) is 0.182. The van der Waals surface area contributed by atoms with Crippen LogP contribution in [0.4, 0.5) is 0 Å². The summed E-state index contributed by atoms with van der Waals surface area (Å²) in [4.78, 5) is 4.03. The lowest BCUT2D eigenvalue weighted by atomic mass is 10.1. The van der Waals surface area contributed by atoms with Crippen molar-refractivity contribution in [2.45, 2.75) is 6.61 Å². The van der Waals surface area contributed by atoms with Crippen LogP contribution in [0.15, 0.2) is 30.5 Å². The van der Waals surface area contributed by atoms with Crippen LogP contribution in [0, 0.1) is 0 Å². The van der Waals surface area contributed by atoms with Gasteiger partial charge in [0.05, 0.1) is 6.61 Å². The third-order valence-electron chi connectivity index (χ3n) is 2.15. The first-order chi connectivity index (χ1) is 6.83. The summed E-state index contributed by atoms with van der Waals surface area (Å²) in [6.45, 7) is 0.595. The summed E-state index contributed by atoms with van der Waals surface area (Å²) in [5.74, 6) is 0. The van der Waals surface area contributed by atoms with Gasteiger partial charge in [-0.1, -0.05) is 29.8 Å². The van der Waals surface area contributed by atoms with E-state index in [1.54, 1.807) is 13.3 Å². The highest BCUT2D eigenvalue weighted by Crippen LogP contribution is 2.24. The molecule has 1 aromatic carbocycles. The molecule has 72 valence electrons. The molecule has 2 nitrogen and oxygen atoms in total. The maximum atomic E-state index is 5.98. The van der Waals surface area contributed by atoms with Crippen LogP contribution >= 0.6 is 11.6 Å². The van der Waals surface area contributed by atoms with Gasteiger partial charge in [-0.2, -0.15) is 0 Å². The number of nitrogens with zero attached hydrogens (tertiary/aromatic N) is 1. The standard InChI is InChI=1S/C11H10ClNO/c1-14-7-8-3-2-4-10-9(8)5-6-13-11(10)12/h2-6H,7H2,1H3. The zero-order chi connectivity index (χ0) is 9.97. The maximum absolute atomic E-state index is 5.98. The first kappa shape index (κ1) is 9.44. The zero-order valence-corrected chi connectivity index (χ0v) is 8.58. The van der Waals surface area contributed by atoms with E-state index in [0.717, 1.165) is 16.3 Å². The number of rotatable bonds is 2. The van der Waals surface area contributed by atoms with Gasteiger partial charge < -0.3 is 4.74 Å². The molecule has 0 aliphatic carbocycles. The Morgan fingerprint density at radius 1 is 1.29 bits per heavy atom. The number of fused-ring (bicyclic) bond motifs is 1. The quantitative estimate of drug-likeness (QED) is 0.707. The fourth-order valence-electron chi connectivity index (χ4n) is 1.52. The summed E-state index contributed by atoms with van der Waals surface area (Å²) in [7, 11) is 1.68. The molecule has 3 heteroatoms. The number of methoxy groups -OCH3 is 1. The SMILES string of the molecule is COCc1cccc2c(Cl)nccc12. The molecule has 1 heterocycles. The van der Waals surface area contributed by atoms with Crippen LogP contribution in [0.3, 0.4) is 0 Å². The van der Waals surface area contributed by atoms with Gasteiger partial charge in [0, 0.05) is 18.7 Å². The number of ether oxygens (including phenoxy) is 1. The average molecular weight is 208 g/mol. The molecular weight excluding hydrogens is 198 g/mol. The molecule has 2 rings (SSSR count). The molecule has 0 N–H and O–H groups in total. The molecule has 0 bridgehead atoms. The zero-order valence-electron chi connectivity index (χ0n) is 7.83. The van der Waals surface area contributed by atoms with Gasteiger partial charge in [0.2, 0.25) is 0 Å². The Hall–Kier alpha value is -1.12. The lowest BCUT2D eigenvalue weighted by Gasteiger charge is -2.05. The van der Waals surface area contributed by atoms with E-state index in [1.807, 2.05) is 24.3 Å². The second-order valence-corrected chi connectivity index (χ2v) is 3.41. The van der Waals surface area contributed by atoms with Gasteiger partial charge >= 0.3 is 0 Å². The van der Waals surface area contributed by atoms with Crippen molar-refractivity contribution in [3.63, 3.8) is 0 Å². The van der Waals surface area contributed by atoms with Crippen molar-refractivity contribution in [2.75, 3.05) is 7.11 Å². The van der Waals surface area contributed by atoms with Gasteiger partial charge in [0.15, 0.2) is 0 Å². The first-order valence-corrected chi connectivity index (χ1v) is 4.72. The van der Waals surface area contributed by atoms with Gasteiger partial charge in [-0.05, 0) is 17.0 Å². The van der Waals surface area contributed by atoms with Crippen molar-refractivity contribution < 1.29 is 4.74 Å². The van der Waals surface area contributed by atoms with Crippen LogP contribution < -0.4 is 0 Å². The largest absolute Gasteiger partial charge is 0.380 e. The van der Waals surface area contributed by atoms with E-state index in [4.69, 9.17) is 16.3 Å². The van der Waals surface area contributed by atoms with Crippen LogP contribution in [0.5, 0.6) is 0 Å². The summed E-state index contributed by atoms with van der Waals surface area (Å²) in [5, 5.41) is 2.62. The topological polar surface area (TPSA) is 22.1 Å².